The van der Waals surface area contributed by atoms with Gasteiger partial charge in [0.1, 0.15) is 48.8 Å². The molecule has 2 aliphatic rings. The molecular formula is C58H111NO13. The number of nitrogens with one attached hydrogen (secondary N) is 1. The maximum Gasteiger partial charge on any atom is 0.220 e. The maximum absolute atomic E-state index is 13.3. The van der Waals surface area contributed by atoms with E-state index in [1.165, 1.54) is 161 Å². The third kappa shape index (κ3) is 30.5. The molecule has 0 saturated carbocycles. The lowest BCUT2D eigenvalue weighted by Crippen LogP contribution is -2.65. The summed E-state index contributed by atoms with van der Waals surface area (Å²) in [6.45, 7) is 2.88. The van der Waals surface area contributed by atoms with Crippen molar-refractivity contribution < 1.29 is 64.6 Å². The minimum Gasteiger partial charge on any atom is -0.394 e. The fourth-order valence-electron chi connectivity index (χ4n) is 10.1. The van der Waals surface area contributed by atoms with E-state index in [0.717, 1.165) is 64.2 Å². The lowest BCUT2D eigenvalue weighted by molar-refractivity contribution is -0.359. The minimum atomic E-state index is -1.78. The molecule has 12 atom stereocenters. The molecule has 12 unspecified atom stereocenters. The highest BCUT2D eigenvalue weighted by Gasteiger charge is 2.51. The summed E-state index contributed by atoms with van der Waals surface area (Å²) in [6, 6.07) is -0.830. The normalized spacial score (nSPS) is 25.6. The fraction of sp³-hybridized carbons (Fsp3) is 0.948. The molecule has 2 saturated heterocycles. The monoisotopic (exact) mass is 1030 g/mol. The topological polar surface area (TPSA) is 228 Å². The summed E-state index contributed by atoms with van der Waals surface area (Å²) < 4.78 is 22.8. The summed E-state index contributed by atoms with van der Waals surface area (Å²) in [6.07, 6.45) is 33.5. The van der Waals surface area contributed by atoms with E-state index in [-0.39, 0.29) is 12.5 Å². The number of unbranched alkanes of at least 4 members (excludes halogenated alkanes) is 33. The van der Waals surface area contributed by atoms with Crippen LogP contribution in [0.2, 0.25) is 0 Å². The number of amides is 1. The Bertz CT molecular complexity index is 1260. The van der Waals surface area contributed by atoms with Gasteiger partial charge in [-0.3, -0.25) is 4.79 Å². The van der Waals surface area contributed by atoms with E-state index in [1.54, 1.807) is 0 Å². The van der Waals surface area contributed by atoms with Gasteiger partial charge in [-0.2, -0.15) is 0 Å². The lowest BCUT2D eigenvalue weighted by atomic mass is 9.97. The van der Waals surface area contributed by atoms with Gasteiger partial charge >= 0.3 is 0 Å². The number of allylic oxidation sites excluding steroid dienone is 2. The van der Waals surface area contributed by atoms with Crippen molar-refractivity contribution in [2.24, 2.45) is 0 Å². The number of aliphatic hydroxyl groups is 8. The Balaban J connectivity index is 1.75. The van der Waals surface area contributed by atoms with Crippen molar-refractivity contribution in [3.8, 4) is 0 Å². The van der Waals surface area contributed by atoms with Crippen molar-refractivity contribution in [2.75, 3.05) is 19.8 Å². The molecule has 2 fully saturated rings. The Kier molecular flexibility index (Phi) is 41.6. The largest absolute Gasteiger partial charge is 0.394 e. The van der Waals surface area contributed by atoms with Crippen molar-refractivity contribution in [3.05, 3.63) is 12.2 Å². The van der Waals surface area contributed by atoms with Gasteiger partial charge in [0.05, 0.1) is 32.0 Å². The highest BCUT2D eigenvalue weighted by molar-refractivity contribution is 5.76. The van der Waals surface area contributed by atoms with Crippen LogP contribution in [-0.4, -0.2) is 140 Å². The van der Waals surface area contributed by atoms with Crippen LogP contribution in [-0.2, 0) is 23.7 Å². The van der Waals surface area contributed by atoms with Gasteiger partial charge in [0, 0.05) is 6.42 Å². The van der Waals surface area contributed by atoms with Crippen molar-refractivity contribution in [1.29, 1.82) is 0 Å². The zero-order valence-corrected chi connectivity index (χ0v) is 45.7. The first-order valence-electron chi connectivity index (χ1n) is 29.9. The fourth-order valence-corrected chi connectivity index (χ4v) is 10.1. The van der Waals surface area contributed by atoms with Crippen molar-refractivity contribution in [1.82, 2.24) is 5.32 Å². The Labute approximate surface area is 437 Å². The maximum atomic E-state index is 13.3. The predicted octanol–water partition coefficient (Wildman–Crippen LogP) is 9.89. The van der Waals surface area contributed by atoms with Crippen molar-refractivity contribution >= 4 is 5.91 Å². The van der Waals surface area contributed by atoms with Gasteiger partial charge in [0.2, 0.25) is 5.91 Å². The molecule has 0 aromatic carbocycles. The smallest absolute Gasteiger partial charge is 0.220 e. The molecule has 9 N–H and O–H groups in total. The Morgan fingerprint density at radius 3 is 1.32 bits per heavy atom. The molecule has 0 bridgehead atoms. The molecule has 426 valence electrons. The van der Waals surface area contributed by atoms with Crippen LogP contribution >= 0.6 is 0 Å². The third-order valence-electron chi connectivity index (χ3n) is 15.0. The van der Waals surface area contributed by atoms with Crippen molar-refractivity contribution in [3.63, 3.8) is 0 Å². The summed E-state index contributed by atoms with van der Waals surface area (Å²) in [5, 5.41) is 87.2. The third-order valence-corrected chi connectivity index (χ3v) is 15.0. The van der Waals surface area contributed by atoms with Crippen LogP contribution in [0.15, 0.2) is 12.2 Å². The molecule has 14 nitrogen and oxygen atoms in total. The molecule has 0 radical (unpaired) electrons. The molecule has 1 amide bonds. The van der Waals surface area contributed by atoms with Gasteiger partial charge in [-0.15, -0.1) is 0 Å². The quantitative estimate of drug-likeness (QED) is 0.0205. The molecule has 0 aromatic heterocycles. The molecule has 2 rings (SSSR count). The van der Waals surface area contributed by atoms with Crippen LogP contribution < -0.4 is 5.32 Å². The number of carbonyl (C=O) groups excluding carboxylic acids is 1. The van der Waals surface area contributed by atoms with Gasteiger partial charge < -0.3 is 65.1 Å². The standard InChI is InChI=1S/C58H111NO13/c1-3-5-7-9-11-13-15-17-19-21-22-23-24-25-26-27-29-31-33-35-37-39-41-47(62)46(59-50(63)42-40-38-36-34-32-30-28-20-18-16-14-12-10-8-6-4-2)45-69-57-55(68)53(66)56(49(44-61)71-57)72-58-54(67)52(65)51(64)48(43-60)70-58/h20,28,46-49,51-58,60-62,64-68H,3-19,21-27,29-45H2,1-2H3,(H,59,63)/b28-20-. The van der Waals surface area contributed by atoms with E-state index in [9.17, 15) is 45.6 Å². The van der Waals surface area contributed by atoms with Crippen molar-refractivity contribution in [2.45, 2.75) is 331 Å². The summed E-state index contributed by atoms with van der Waals surface area (Å²) in [5.74, 6) is -0.212. The highest BCUT2D eigenvalue weighted by atomic mass is 16.7. The Morgan fingerprint density at radius 2 is 0.875 bits per heavy atom. The number of hydrogen-bond donors (Lipinski definition) is 9. The van der Waals surface area contributed by atoms with E-state index in [4.69, 9.17) is 18.9 Å². The molecule has 0 spiro atoms. The first-order chi connectivity index (χ1) is 35.1. The second-order valence-electron chi connectivity index (χ2n) is 21.5. The second kappa shape index (κ2) is 44.8. The van der Waals surface area contributed by atoms with Crippen LogP contribution in [0.3, 0.4) is 0 Å². The molecule has 0 aliphatic carbocycles. The zero-order valence-electron chi connectivity index (χ0n) is 45.7. The second-order valence-corrected chi connectivity index (χ2v) is 21.5. The van der Waals surface area contributed by atoms with Crippen LogP contribution in [0, 0.1) is 0 Å². The average Bonchev–Trinajstić information content (AvgIpc) is 3.38. The van der Waals surface area contributed by atoms with Gasteiger partial charge in [0.25, 0.3) is 0 Å². The van der Waals surface area contributed by atoms with E-state index >= 15 is 0 Å². The van der Waals surface area contributed by atoms with E-state index < -0.39 is 86.8 Å². The summed E-state index contributed by atoms with van der Waals surface area (Å²) >= 11 is 0. The number of ether oxygens (including phenoxy) is 4. The summed E-state index contributed by atoms with van der Waals surface area (Å²) in [7, 11) is 0. The Hall–Kier alpha value is -1.27. The summed E-state index contributed by atoms with van der Waals surface area (Å²) in [4.78, 5) is 13.3. The van der Waals surface area contributed by atoms with E-state index in [0.29, 0.717) is 19.3 Å². The molecule has 72 heavy (non-hydrogen) atoms. The van der Waals surface area contributed by atoms with Crippen LogP contribution in [0.25, 0.3) is 0 Å². The highest BCUT2D eigenvalue weighted by Crippen LogP contribution is 2.30. The van der Waals surface area contributed by atoms with E-state index in [2.05, 4.69) is 31.3 Å². The lowest BCUT2D eigenvalue weighted by Gasteiger charge is -2.46. The van der Waals surface area contributed by atoms with Crippen LogP contribution in [0.5, 0.6) is 0 Å². The Morgan fingerprint density at radius 1 is 0.486 bits per heavy atom. The minimum absolute atomic E-state index is 0.212. The zero-order chi connectivity index (χ0) is 52.4. The van der Waals surface area contributed by atoms with Gasteiger partial charge in [0.15, 0.2) is 12.6 Å². The molecule has 2 aliphatic heterocycles. The molecule has 2 heterocycles. The number of hydrogen-bond acceptors (Lipinski definition) is 13. The van der Waals surface area contributed by atoms with Gasteiger partial charge in [-0.1, -0.05) is 225 Å². The SMILES string of the molecule is CCCCCCCCC/C=C\CCCCCCCC(=O)NC(COC1OC(CO)C(OC2OC(CO)C(O)C(O)C2O)C(O)C1O)C(O)CCCCCCCCCCCCCCCCCCCCCCCC. The number of carbonyl (C=O) groups is 1. The van der Waals surface area contributed by atoms with Gasteiger partial charge in [-0.05, 0) is 38.5 Å². The predicted molar refractivity (Wildman–Crippen MR) is 286 cm³/mol. The molecule has 14 heteroatoms. The van der Waals surface area contributed by atoms with Crippen LogP contribution in [0.4, 0.5) is 0 Å². The molecule has 0 aromatic rings. The summed E-state index contributed by atoms with van der Waals surface area (Å²) in [5.41, 5.74) is 0. The van der Waals surface area contributed by atoms with Gasteiger partial charge in [-0.25, -0.2) is 0 Å². The first-order valence-corrected chi connectivity index (χ1v) is 29.9. The number of aliphatic hydroxyl groups excluding tert-OH is 8. The van der Waals surface area contributed by atoms with Crippen LogP contribution in [0.1, 0.15) is 258 Å². The number of rotatable bonds is 48. The first kappa shape index (κ1) is 66.8. The average molecular weight is 1030 g/mol. The molecular weight excluding hydrogens is 919 g/mol. The van der Waals surface area contributed by atoms with E-state index in [1.807, 2.05) is 0 Å².